The number of carbonyl (C=O) groups excluding carboxylic acids is 1. The lowest BCUT2D eigenvalue weighted by Gasteiger charge is -2.33. The second kappa shape index (κ2) is 8.92. The monoisotopic (exact) mass is 440 g/mol. The molecule has 156 valence electrons. The van der Waals surface area contributed by atoms with Gasteiger partial charge in [-0.2, -0.15) is 0 Å². The number of thioether (sulfide) groups is 1. The number of para-hydroxylation sites is 1. The average Bonchev–Trinajstić information content (AvgIpc) is 3.09. The third-order valence-electron chi connectivity index (χ3n) is 5.50. The summed E-state index contributed by atoms with van der Waals surface area (Å²) in [5.74, 6) is 0.243. The molecule has 1 amide bonds. The molecule has 0 aliphatic carbocycles. The van der Waals surface area contributed by atoms with Crippen LogP contribution in [0.3, 0.4) is 0 Å². The van der Waals surface area contributed by atoms with Crippen LogP contribution in [0.4, 0.5) is 5.69 Å². The van der Waals surface area contributed by atoms with Gasteiger partial charge in [-0.3, -0.25) is 9.79 Å². The fourth-order valence-corrected chi connectivity index (χ4v) is 4.65. The zero-order valence-corrected chi connectivity index (χ0v) is 18.8. The highest BCUT2D eigenvalue weighted by Gasteiger charge is 2.39. The number of benzene rings is 2. The predicted molar refractivity (Wildman–Crippen MR) is 127 cm³/mol. The highest BCUT2D eigenvalue weighted by molar-refractivity contribution is 8.16. The highest BCUT2D eigenvalue weighted by atomic mass is 35.5. The summed E-state index contributed by atoms with van der Waals surface area (Å²) in [6.45, 7) is 3.91. The predicted octanol–water partition coefficient (Wildman–Crippen LogP) is 4.64. The van der Waals surface area contributed by atoms with Crippen molar-refractivity contribution in [1.82, 2.24) is 4.90 Å². The lowest BCUT2D eigenvalue weighted by molar-refractivity contribution is -0.113. The maximum Gasteiger partial charge on any atom is 0.234 e. The number of piperidine rings is 1. The van der Waals surface area contributed by atoms with Gasteiger partial charge in [-0.05, 0) is 37.7 Å². The van der Waals surface area contributed by atoms with E-state index in [9.17, 15) is 4.79 Å². The van der Waals surface area contributed by atoms with Crippen LogP contribution in [0.15, 0.2) is 58.5 Å². The van der Waals surface area contributed by atoms with Crippen molar-refractivity contribution in [1.29, 1.82) is 0 Å². The summed E-state index contributed by atoms with van der Waals surface area (Å²) < 4.78 is 0. The minimum absolute atomic E-state index is 0.0446. The Morgan fingerprint density at radius 1 is 1.13 bits per heavy atom. The number of hydrogen-bond donors (Lipinski definition) is 1. The molecule has 0 unspecified atom stereocenters. The first-order chi connectivity index (χ1) is 14.4. The van der Waals surface area contributed by atoms with Crippen LogP contribution in [0.1, 0.15) is 24.0 Å². The van der Waals surface area contributed by atoms with Crippen molar-refractivity contribution in [2.24, 2.45) is 9.98 Å². The van der Waals surface area contributed by atoms with Crippen molar-refractivity contribution >= 4 is 45.7 Å². The Bertz CT molecular complexity index is 995. The molecule has 2 aliphatic heterocycles. The number of halogens is 1. The molecule has 2 heterocycles. The Morgan fingerprint density at radius 2 is 1.83 bits per heavy atom. The molecule has 0 bridgehead atoms. The molecule has 2 aromatic carbocycles. The first-order valence-electron chi connectivity index (χ1n) is 10.1. The van der Waals surface area contributed by atoms with Gasteiger partial charge in [0, 0.05) is 42.2 Å². The van der Waals surface area contributed by atoms with Gasteiger partial charge in [-0.1, -0.05) is 53.7 Å². The Morgan fingerprint density at radius 3 is 2.53 bits per heavy atom. The fraction of sp³-hybridized carbons (Fsp3) is 0.348. The molecule has 4 rings (SSSR count). The van der Waals surface area contributed by atoms with Crippen LogP contribution in [0.2, 0.25) is 5.02 Å². The maximum atomic E-state index is 12.6. The summed E-state index contributed by atoms with van der Waals surface area (Å²) in [6, 6.07) is 15.5. The van der Waals surface area contributed by atoms with Crippen LogP contribution in [-0.2, 0) is 4.79 Å². The smallest absolute Gasteiger partial charge is 0.234 e. The number of carbonyl (C=O) groups is 1. The number of aryl methyl sites for hydroxylation is 1. The quantitative estimate of drug-likeness (QED) is 0.753. The molecular weight excluding hydrogens is 416 g/mol. The van der Waals surface area contributed by atoms with Gasteiger partial charge >= 0.3 is 0 Å². The number of hydrogen-bond acceptors (Lipinski definition) is 5. The SMILES string of the molecule is Cc1ccccc1NC(=O)CSC1=NC2(CCN(C)CC2)N=C1c1ccc(Cl)cc1. The largest absolute Gasteiger partial charge is 0.325 e. The Hall–Kier alpha value is -2.15. The molecular formula is C23H25ClN4OS. The molecule has 1 fully saturated rings. The molecule has 2 aromatic rings. The second-order valence-electron chi connectivity index (χ2n) is 7.82. The van der Waals surface area contributed by atoms with Gasteiger partial charge in [0.2, 0.25) is 5.91 Å². The normalized spacial score (nSPS) is 18.2. The molecule has 0 atom stereocenters. The van der Waals surface area contributed by atoms with Crippen molar-refractivity contribution in [3.8, 4) is 0 Å². The van der Waals surface area contributed by atoms with Gasteiger partial charge in [0.25, 0.3) is 0 Å². The summed E-state index contributed by atoms with van der Waals surface area (Å²) in [4.78, 5) is 25.0. The molecule has 30 heavy (non-hydrogen) atoms. The first-order valence-corrected chi connectivity index (χ1v) is 11.4. The minimum atomic E-state index is -0.406. The Balaban J connectivity index is 1.52. The zero-order chi connectivity index (χ0) is 21.1. The summed E-state index contributed by atoms with van der Waals surface area (Å²) in [7, 11) is 2.13. The summed E-state index contributed by atoms with van der Waals surface area (Å²) in [6.07, 6.45) is 1.78. The van der Waals surface area contributed by atoms with Crippen molar-refractivity contribution in [3.05, 3.63) is 64.7 Å². The van der Waals surface area contributed by atoms with Crippen LogP contribution in [0.25, 0.3) is 0 Å². The summed E-state index contributed by atoms with van der Waals surface area (Å²) in [5.41, 5.74) is 3.33. The van der Waals surface area contributed by atoms with Gasteiger partial charge in [0.15, 0.2) is 5.66 Å². The third-order valence-corrected chi connectivity index (χ3v) is 6.71. The van der Waals surface area contributed by atoms with Crippen molar-refractivity contribution in [2.45, 2.75) is 25.4 Å². The topological polar surface area (TPSA) is 57.1 Å². The molecule has 0 radical (unpaired) electrons. The van der Waals surface area contributed by atoms with Crippen molar-refractivity contribution in [2.75, 3.05) is 31.2 Å². The van der Waals surface area contributed by atoms with E-state index in [-0.39, 0.29) is 11.7 Å². The Kier molecular flexibility index (Phi) is 6.27. The molecule has 0 aromatic heterocycles. The lowest BCUT2D eigenvalue weighted by atomic mass is 9.99. The van der Waals surface area contributed by atoms with Crippen molar-refractivity contribution in [3.63, 3.8) is 0 Å². The van der Waals surface area contributed by atoms with E-state index in [1.165, 1.54) is 11.8 Å². The van der Waals surface area contributed by atoms with Gasteiger partial charge in [0.1, 0.15) is 5.04 Å². The summed E-state index contributed by atoms with van der Waals surface area (Å²) in [5, 5.41) is 4.52. The van der Waals surface area contributed by atoms with E-state index in [2.05, 4.69) is 17.3 Å². The number of likely N-dealkylation sites (tertiary alicyclic amines) is 1. The van der Waals surface area contributed by atoms with Gasteiger partial charge < -0.3 is 10.2 Å². The standard InChI is InChI=1S/C23H25ClN4OS/c1-16-5-3-4-6-19(16)25-20(29)15-30-22-21(17-7-9-18(24)10-8-17)26-23(27-22)11-13-28(2)14-12-23/h3-10H,11-15H2,1-2H3,(H,25,29). The summed E-state index contributed by atoms with van der Waals surface area (Å²) >= 11 is 7.53. The highest BCUT2D eigenvalue weighted by Crippen LogP contribution is 2.35. The maximum absolute atomic E-state index is 12.6. The third kappa shape index (κ3) is 4.77. The molecule has 0 saturated carbocycles. The number of nitrogens with one attached hydrogen (secondary N) is 1. The van der Waals surface area contributed by atoms with Crippen LogP contribution < -0.4 is 5.32 Å². The molecule has 2 aliphatic rings. The number of nitrogens with zero attached hydrogens (tertiary/aromatic N) is 3. The number of aliphatic imine (C=N–C) groups is 2. The van der Waals surface area contributed by atoms with E-state index in [1.807, 2.05) is 55.5 Å². The minimum Gasteiger partial charge on any atom is -0.325 e. The Labute approximate surface area is 186 Å². The fourth-order valence-electron chi connectivity index (χ4n) is 3.65. The van der Waals surface area contributed by atoms with Gasteiger partial charge in [-0.15, -0.1) is 0 Å². The van der Waals surface area contributed by atoms with Gasteiger partial charge in [-0.25, -0.2) is 4.99 Å². The number of amides is 1. The van der Waals surface area contributed by atoms with E-state index in [4.69, 9.17) is 21.6 Å². The van der Waals surface area contributed by atoms with Crippen LogP contribution in [0.5, 0.6) is 0 Å². The first kappa shape index (κ1) is 21.1. The van der Waals surface area contributed by atoms with Crippen LogP contribution in [0, 0.1) is 6.92 Å². The van der Waals surface area contributed by atoms with Crippen LogP contribution in [-0.4, -0.2) is 53.1 Å². The van der Waals surface area contributed by atoms with Crippen LogP contribution >= 0.6 is 23.4 Å². The van der Waals surface area contributed by atoms with E-state index in [0.29, 0.717) is 5.02 Å². The van der Waals surface area contributed by atoms with Gasteiger partial charge in [0.05, 0.1) is 11.5 Å². The molecule has 1 saturated heterocycles. The molecule has 1 N–H and O–H groups in total. The molecule has 7 heteroatoms. The average molecular weight is 441 g/mol. The zero-order valence-electron chi connectivity index (χ0n) is 17.2. The van der Waals surface area contributed by atoms with Crippen molar-refractivity contribution < 1.29 is 4.79 Å². The van der Waals surface area contributed by atoms with E-state index in [1.54, 1.807) is 0 Å². The molecule has 5 nitrogen and oxygen atoms in total. The number of anilines is 1. The van der Waals surface area contributed by atoms with E-state index in [0.717, 1.165) is 53.5 Å². The van der Waals surface area contributed by atoms with E-state index < -0.39 is 5.66 Å². The number of rotatable bonds is 4. The van der Waals surface area contributed by atoms with E-state index >= 15 is 0 Å². The molecule has 1 spiro atoms. The lowest BCUT2D eigenvalue weighted by Crippen LogP contribution is -2.39. The second-order valence-corrected chi connectivity index (χ2v) is 9.22.